The first-order chi connectivity index (χ1) is 33.5. The predicted molar refractivity (Wildman–Crippen MR) is 296 cm³/mol. The lowest BCUT2D eigenvalue weighted by Gasteiger charge is -2.20. The van der Waals surface area contributed by atoms with Crippen LogP contribution in [0.15, 0.2) is 48.6 Å². The van der Waals surface area contributed by atoms with E-state index in [9.17, 15) is 19.8 Å². The molecule has 0 radical (unpaired) electrons. The predicted octanol–water partition coefficient (Wildman–Crippen LogP) is 18.6. The van der Waals surface area contributed by atoms with Gasteiger partial charge in [-0.3, -0.25) is 9.59 Å². The molecule has 0 saturated carbocycles. The summed E-state index contributed by atoms with van der Waals surface area (Å²) >= 11 is 0. The fourth-order valence-electron chi connectivity index (χ4n) is 8.95. The SMILES string of the molecule is CCCCCC/C=C\C/C=C\CCCCCCCC(=O)OCCCCCCCCCCCC/C=C\CCCCCCCCCC(=O)NC(CO)C(O)/C=C/CCCCCCCCCCCCCC. The Bertz CT molecular complexity index is 1150. The van der Waals surface area contributed by atoms with Crippen LogP contribution in [-0.4, -0.2) is 47.4 Å². The number of hydrogen-bond donors (Lipinski definition) is 3. The average Bonchev–Trinajstić information content (AvgIpc) is 3.34. The van der Waals surface area contributed by atoms with Crippen LogP contribution in [0.2, 0.25) is 0 Å². The quantitative estimate of drug-likeness (QED) is 0.0321. The molecule has 1 amide bonds. The molecular formula is C62H115NO5. The number of nitrogens with one attached hydrogen (secondary N) is 1. The molecule has 6 heteroatoms. The maximum absolute atomic E-state index is 12.4. The Morgan fingerprint density at radius 3 is 1.15 bits per heavy atom. The maximum atomic E-state index is 12.4. The van der Waals surface area contributed by atoms with Gasteiger partial charge in [-0.05, 0) is 89.9 Å². The third-order valence-corrected chi connectivity index (χ3v) is 13.6. The summed E-state index contributed by atoms with van der Waals surface area (Å²) in [6.45, 7) is 4.87. The molecule has 0 aromatic heterocycles. The Hall–Kier alpha value is -2.18. The highest BCUT2D eigenvalue weighted by molar-refractivity contribution is 5.76. The van der Waals surface area contributed by atoms with Gasteiger partial charge in [0, 0.05) is 12.8 Å². The molecule has 0 saturated heterocycles. The van der Waals surface area contributed by atoms with Crippen LogP contribution >= 0.6 is 0 Å². The fourth-order valence-corrected chi connectivity index (χ4v) is 8.95. The largest absolute Gasteiger partial charge is 0.466 e. The number of unbranched alkanes of at least 4 members (excludes halogenated alkanes) is 38. The van der Waals surface area contributed by atoms with Gasteiger partial charge in [0.25, 0.3) is 0 Å². The second kappa shape index (κ2) is 57.4. The zero-order valence-electron chi connectivity index (χ0n) is 45.3. The summed E-state index contributed by atoms with van der Waals surface area (Å²) in [6, 6.07) is -0.634. The van der Waals surface area contributed by atoms with Crippen molar-refractivity contribution in [3.63, 3.8) is 0 Å². The maximum Gasteiger partial charge on any atom is 0.305 e. The molecule has 0 aromatic carbocycles. The lowest BCUT2D eigenvalue weighted by atomic mass is 10.0. The summed E-state index contributed by atoms with van der Waals surface area (Å²) in [7, 11) is 0. The van der Waals surface area contributed by atoms with Crippen molar-refractivity contribution in [2.75, 3.05) is 13.2 Å². The van der Waals surface area contributed by atoms with E-state index in [1.54, 1.807) is 6.08 Å². The van der Waals surface area contributed by atoms with Crippen LogP contribution in [0.4, 0.5) is 0 Å². The monoisotopic (exact) mass is 954 g/mol. The van der Waals surface area contributed by atoms with Crippen LogP contribution in [0.3, 0.4) is 0 Å². The van der Waals surface area contributed by atoms with Gasteiger partial charge in [-0.15, -0.1) is 0 Å². The molecule has 0 aliphatic carbocycles. The topological polar surface area (TPSA) is 95.9 Å². The molecule has 0 aliphatic rings. The molecule has 3 N–H and O–H groups in total. The molecule has 0 rings (SSSR count). The molecule has 0 fully saturated rings. The zero-order valence-corrected chi connectivity index (χ0v) is 45.3. The van der Waals surface area contributed by atoms with Crippen molar-refractivity contribution in [2.45, 2.75) is 321 Å². The molecule has 0 bridgehead atoms. The van der Waals surface area contributed by atoms with E-state index >= 15 is 0 Å². The van der Waals surface area contributed by atoms with E-state index in [1.807, 2.05) is 6.08 Å². The number of hydrogen-bond acceptors (Lipinski definition) is 5. The van der Waals surface area contributed by atoms with E-state index in [2.05, 4.69) is 55.6 Å². The molecule has 68 heavy (non-hydrogen) atoms. The minimum absolute atomic E-state index is 0.00634. The van der Waals surface area contributed by atoms with Gasteiger partial charge in [0.1, 0.15) is 0 Å². The third-order valence-electron chi connectivity index (χ3n) is 13.6. The highest BCUT2D eigenvalue weighted by Crippen LogP contribution is 2.16. The van der Waals surface area contributed by atoms with Gasteiger partial charge in [0.05, 0.1) is 25.4 Å². The molecule has 0 aromatic rings. The van der Waals surface area contributed by atoms with E-state index in [1.165, 1.54) is 225 Å². The van der Waals surface area contributed by atoms with Crippen molar-refractivity contribution in [2.24, 2.45) is 0 Å². The fraction of sp³-hybridized carbons (Fsp3) is 0.839. The first kappa shape index (κ1) is 65.8. The second-order valence-electron chi connectivity index (χ2n) is 20.3. The highest BCUT2D eigenvalue weighted by atomic mass is 16.5. The molecule has 2 unspecified atom stereocenters. The number of aliphatic hydroxyl groups is 2. The van der Waals surface area contributed by atoms with Crippen LogP contribution in [0.25, 0.3) is 0 Å². The van der Waals surface area contributed by atoms with Gasteiger partial charge in [-0.25, -0.2) is 0 Å². The van der Waals surface area contributed by atoms with Gasteiger partial charge in [-0.2, -0.15) is 0 Å². The molecule has 0 heterocycles. The number of carbonyl (C=O) groups excluding carboxylic acids is 2. The smallest absolute Gasteiger partial charge is 0.305 e. The van der Waals surface area contributed by atoms with Crippen LogP contribution in [0.1, 0.15) is 309 Å². The van der Waals surface area contributed by atoms with Gasteiger partial charge < -0.3 is 20.3 Å². The average molecular weight is 955 g/mol. The zero-order chi connectivity index (χ0) is 49.3. The summed E-state index contributed by atoms with van der Waals surface area (Å²) in [5, 5.41) is 23.1. The number of esters is 1. The molecule has 0 aliphatic heterocycles. The van der Waals surface area contributed by atoms with Gasteiger partial charge in [-0.1, -0.05) is 255 Å². The Kier molecular flexibility index (Phi) is 55.6. The van der Waals surface area contributed by atoms with E-state index in [-0.39, 0.29) is 18.5 Å². The summed E-state index contributed by atoms with van der Waals surface area (Å²) in [5.41, 5.74) is 0. The van der Waals surface area contributed by atoms with Crippen molar-refractivity contribution < 1.29 is 24.5 Å². The van der Waals surface area contributed by atoms with E-state index in [0.29, 0.717) is 19.4 Å². The van der Waals surface area contributed by atoms with Crippen molar-refractivity contribution in [1.29, 1.82) is 0 Å². The first-order valence-corrected chi connectivity index (χ1v) is 29.9. The second-order valence-corrected chi connectivity index (χ2v) is 20.3. The van der Waals surface area contributed by atoms with Gasteiger partial charge in [0.15, 0.2) is 0 Å². The minimum Gasteiger partial charge on any atom is -0.466 e. The summed E-state index contributed by atoms with van der Waals surface area (Å²) < 4.78 is 5.47. The lowest BCUT2D eigenvalue weighted by molar-refractivity contribution is -0.143. The molecule has 398 valence electrons. The standard InChI is InChI=1S/C62H115NO5/c1-3-5-7-9-11-13-15-17-19-28-32-36-40-44-48-52-56-62(67)68-57-53-49-45-41-37-33-29-26-24-22-20-21-23-25-27-31-35-39-43-47-51-55-61(66)63-59(58-64)60(65)54-50-46-42-38-34-30-18-16-14-12-10-8-6-4-2/h13,15,19,21,23,28,50,54,59-60,64-65H,3-12,14,16-18,20,22,24-27,29-49,51-53,55-58H2,1-2H3,(H,63,66)/b15-13-,23-21-,28-19-,54-50+. The summed E-state index contributed by atoms with van der Waals surface area (Å²) in [4.78, 5) is 24.5. The van der Waals surface area contributed by atoms with E-state index in [4.69, 9.17) is 4.74 Å². The highest BCUT2D eigenvalue weighted by Gasteiger charge is 2.18. The Morgan fingerprint density at radius 2 is 0.735 bits per heavy atom. The van der Waals surface area contributed by atoms with E-state index in [0.717, 1.165) is 57.8 Å². The van der Waals surface area contributed by atoms with Crippen molar-refractivity contribution >= 4 is 11.9 Å². The number of aliphatic hydroxyl groups excluding tert-OH is 2. The first-order valence-electron chi connectivity index (χ1n) is 29.9. The normalized spacial score (nSPS) is 12.9. The van der Waals surface area contributed by atoms with Crippen molar-refractivity contribution in [1.82, 2.24) is 5.32 Å². The Labute approximate surface area is 423 Å². The van der Waals surface area contributed by atoms with Crippen LogP contribution in [-0.2, 0) is 14.3 Å². The third kappa shape index (κ3) is 53.2. The molecule has 2 atom stereocenters. The summed E-state index contributed by atoms with van der Waals surface area (Å²) in [5.74, 6) is -0.0825. The number of ether oxygens (including phenoxy) is 1. The Morgan fingerprint density at radius 1 is 0.412 bits per heavy atom. The number of allylic oxidation sites excluding steroid dienone is 7. The van der Waals surface area contributed by atoms with Crippen molar-refractivity contribution in [3.8, 4) is 0 Å². The van der Waals surface area contributed by atoms with Gasteiger partial charge >= 0.3 is 5.97 Å². The number of rotatable bonds is 55. The lowest BCUT2D eigenvalue weighted by Crippen LogP contribution is -2.45. The molecule has 0 spiro atoms. The van der Waals surface area contributed by atoms with E-state index < -0.39 is 12.1 Å². The Balaban J connectivity index is 3.45. The van der Waals surface area contributed by atoms with Crippen molar-refractivity contribution in [3.05, 3.63) is 48.6 Å². The molecule has 6 nitrogen and oxygen atoms in total. The minimum atomic E-state index is -0.850. The van der Waals surface area contributed by atoms with Crippen LogP contribution in [0.5, 0.6) is 0 Å². The van der Waals surface area contributed by atoms with Crippen LogP contribution < -0.4 is 5.32 Å². The van der Waals surface area contributed by atoms with Gasteiger partial charge in [0.2, 0.25) is 5.91 Å². The molecular weight excluding hydrogens is 839 g/mol. The number of carbonyl (C=O) groups is 2. The summed E-state index contributed by atoms with van der Waals surface area (Å²) in [6.07, 6.45) is 72.8. The van der Waals surface area contributed by atoms with Crippen LogP contribution in [0, 0.1) is 0 Å². The number of amides is 1.